The van der Waals surface area contributed by atoms with Crippen LogP contribution < -0.4 is 5.32 Å². The number of β-amino-alcohol motifs (C(OH)–C–C–N with tert-alkyl or cyclic N) is 1. The lowest BCUT2D eigenvalue weighted by atomic mass is 9.83. The van der Waals surface area contributed by atoms with Crippen LogP contribution >= 0.6 is 11.6 Å². The maximum Gasteiger partial charge on any atom is 0.234 e. The zero-order chi connectivity index (χ0) is 15.1. The highest BCUT2D eigenvalue weighted by molar-refractivity contribution is 7.91. The summed E-state index contributed by atoms with van der Waals surface area (Å²) >= 11 is 5.93. The molecule has 20 heavy (non-hydrogen) atoms. The van der Waals surface area contributed by atoms with Crippen molar-refractivity contribution in [1.29, 1.82) is 0 Å². The molecule has 2 aliphatic heterocycles. The molecular weight excluding hydrogens is 304 g/mol. The van der Waals surface area contributed by atoms with E-state index in [4.69, 9.17) is 11.6 Å². The number of hydrogen-bond acceptors (Lipinski definition) is 5. The Labute approximate surface area is 124 Å². The van der Waals surface area contributed by atoms with Gasteiger partial charge in [0, 0.05) is 13.1 Å². The highest BCUT2D eigenvalue weighted by atomic mass is 35.5. The van der Waals surface area contributed by atoms with E-state index < -0.39 is 26.9 Å². The van der Waals surface area contributed by atoms with Gasteiger partial charge in [0.2, 0.25) is 5.91 Å². The molecular formula is C12H21ClN2O4S. The molecule has 2 N–H and O–H groups in total. The molecule has 8 heteroatoms. The first-order chi connectivity index (χ1) is 9.11. The zero-order valence-corrected chi connectivity index (χ0v) is 13.2. The lowest BCUT2D eigenvalue weighted by Gasteiger charge is -2.48. The van der Waals surface area contributed by atoms with Crippen molar-refractivity contribution in [2.24, 2.45) is 5.92 Å². The number of carbonyl (C=O) groups excluding carboxylic acids is 1. The number of rotatable bonds is 4. The molecule has 0 bridgehead atoms. The van der Waals surface area contributed by atoms with Gasteiger partial charge in [0.05, 0.1) is 35.1 Å². The molecule has 6 nitrogen and oxygen atoms in total. The minimum absolute atomic E-state index is 0.0870. The molecule has 0 saturated carbocycles. The molecule has 116 valence electrons. The molecule has 2 heterocycles. The van der Waals surface area contributed by atoms with Crippen LogP contribution in [-0.2, 0) is 14.6 Å². The normalized spacial score (nSPS) is 32.0. The van der Waals surface area contributed by atoms with E-state index in [1.165, 1.54) is 0 Å². The van der Waals surface area contributed by atoms with Crippen LogP contribution in [0.1, 0.15) is 13.8 Å². The summed E-state index contributed by atoms with van der Waals surface area (Å²) in [6.45, 7) is 4.98. The molecule has 2 saturated heterocycles. The van der Waals surface area contributed by atoms with E-state index in [0.29, 0.717) is 13.1 Å². The number of sulfone groups is 1. The van der Waals surface area contributed by atoms with Gasteiger partial charge in [0.25, 0.3) is 0 Å². The largest absolute Gasteiger partial charge is 0.387 e. The van der Waals surface area contributed by atoms with Crippen LogP contribution in [-0.4, -0.2) is 72.5 Å². The third-order valence-electron chi connectivity index (χ3n) is 4.07. The second-order valence-corrected chi connectivity index (χ2v) is 8.88. The van der Waals surface area contributed by atoms with E-state index in [9.17, 15) is 18.3 Å². The lowest BCUT2D eigenvalue weighted by molar-refractivity contribution is -0.142. The number of alkyl halides is 1. The monoisotopic (exact) mass is 324 g/mol. The number of amides is 1. The minimum Gasteiger partial charge on any atom is -0.387 e. The number of nitrogens with one attached hydrogen (secondary N) is 1. The number of aliphatic hydroxyl groups is 1. The van der Waals surface area contributed by atoms with Crippen molar-refractivity contribution in [2.45, 2.75) is 30.9 Å². The van der Waals surface area contributed by atoms with Gasteiger partial charge in [0.1, 0.15) is 0 Å². The maximum absolute atomic E-state index is 11.9. The number of likely N-dealkylation sites (tertiary alicyclic amines) is 1. The summed E-state index contributed by atoms with van der Waals surface area (Å²) in [5.74, 6) is -0.281. The van der Waals surface area contributed by atoms with Gasteiger partial charge in [-0.2, -0.15) is 0 Å². The predicted octanol–water partition coefficient (Wildman–Crippen LogP) is -0.790. The standard InChI is InChI=1S/C12H21ClN2O4S/c1-8(2)12(17)6-15(7-12)3-11(16)14-10-5-20(18,19)4-9(10)13/h8-10,17H,3-7H2,1-2H3,(H,14,16). The van der Waals surface area contributed by atoms with Gasteiger partial charge < -0.3 is 10.4 Å². The van der Waals surface area contributed by atoms with Gasteiger partial charge in [-0.3, -0.25) is 9.69 Å². The first-order valence-corrected chi connectivity index (χ1v) is 8.96. The smallest absolute Gasteiger partial charge is 0.234 e. The van der Waals surface area contributed by atoms with Crippen molar-refractivity contribution in [3.63, 3.8) is 0 Å². The van der Waals surface area contributed by atoms with E-state index in [1.807, 2.05) is 18.7 Å². The lowest BCUT2D eigenvalue weighted by Crippen LogP contribution is -2.66. The minimum atomic E-state index is -3.14. The van der Waals surface area contributed by atoms with Crippen LogP contribution in [0.4, 0.5) is 0 Å². The molecule has 2 unspecified atom stereocenters. The van der Waals surface area contributed by atoms with Crippen LogP contribution in [0.15, 0.2) is 0 Å². The van der Waals surface area contributed by atoms with Gasteiger partial charge >= 0.3 is 0 Å². The van der Waals surface area contributed by atoms with Crippen LogP contribution in [0.2, 0.25) is 0 Å². The highest BCUT2D eigenvalue weighted by Gasteiger charge is 2.44. The first-order valence-electron chi connectivity index (χ1n) is 6.70. The van der Waals surface area contributed by atoms with E-state index in [2.05, 4.69) is 5.32 Å². The summed E-state index contributed by atoms with van der Waals surface area (Å²) in [4.78, 5) is 13.7. The molecule has 0 radical (unpaired) electrons. The van der Waals surface area contributed by atoms with Gasteiger partial charge in [0.15, 0.2) is 9.84 Å². The van der Waals surface area contributed by atoms with E-state index >= 15 is 0 Å². The Hall–Kier alpha value is -0.370. The van der Waals surface area contributed by atoms with Gasteiger partial charge in [-0.25, -0.2) is 8.42 Å². The Morgan fingerprint density at radius 3 is 2.50 bits per heavy atom. The molecule has 0 spiro atoms. The Morgan fingerprint density at radius 2 is 2.05 bits per heavy atom. The van der Waals surface area contributed by atoms with Crippen molar-refractivity contribution in [2.75, 3.05) is 31.1 Å². The van der Waals surface area contributed by atoms with Crippen LogP contribution in [0.3, 0.4) is 0 Å². The van der Waals surface area contributed by atoms with Crippen molar-refractivity contribution in [3.8, 4) is 0 Å². The third kappa shape index (κ3) is 3.44. The van der Waals surface area contributed by atoms with Crippen molar-refractivity contribution in [3.05, 3.63) is 0 Å². The van der Waals surface area contributed by atoms with E-state index in [0.717, 1.165) is 0 Å². The fraction of sp³-hybridized carbons (Fsp3) is 0.917. The molecule has 2 rings (SSSR count). The van der Waals surface area contributed by atoms with Gasteiger partial charge in [-0.05, 0) is 5.92 Å². The molecule has 2 fully saturated rings. The molecule has 0 aromatic heterocycles. The molecule has 0 aromatic rings. The Bertz CT molecular complexity index is 488. The maximum atomic E-state index is 11.9. The summed E-state index contributed by atoms with van der Waals surface area (Å²) in [6.07, 6.45) is 0. The Kier molecular flexibility index (Phi) is 4.35. The molecule has 2 aliphatic rings. The predicted molar refractivity (Wildman–Crippen MR) is 76.5 cm³/mol. The molecule has 0 aliphatic carbocycles. The zero-order valence-electron chi connectivity index (χ0n) is 11.7. The van der Waals surface area contributed by atoms with E-state index in [-0.39, 0.29) is 29.9 Å². The topological polar surface area (TPSA) is 86.7 Å². The number of carbonyl (C=O) groups is 1. The van der Waals surface area contributed by atoms with Crippen molar-refractivity contribution >= 4 is 27.3 Å². The fourth-order valence-electron chi connectivity index (χ4n) is 2.60. The summed E-state index contributed by atoms with van der Waals surface area (Å²) in [6, 6.07) is -0.514. The van der Waals surface area contributed by atoms with Crippen LogP contribution in [0.5, 0.6) is 0 Å². The van der Waals surface area contributed by atoms with Gasteiger partial charge in [-0.1, -0.05) is 13.8 Å². The summed E-state index contributed by atoms with van der Waals surface area (Å²) in [7, 11) is -3.14. The fourth-order valence-corrected chi connectivity index (χ4v) is 5.15. The summed E-state index contributed by atoms with van der Waals surface area (Å²) in [5.41, 5.74) is -0.716. The second kappa shape index (κ2) is 5.44. The number of nitrogens with zero attached hydrogens (tertiary/aromatic N) is 1. The Morgan fingerprint density at radius 1 is 1.45 bits per heavy atom. The second-order valence-electron chi connectivity index (χ2n) is 6.17. The quantitative estimate of drug-likeness (QED) is 0.662. The van der Waals surface area contributed by atoms with E-state index in [1.54, 1.807) is 0 Å². The SMILES string of the molecule is CC(C)C1(O)CN(CC(=O)NC2CS(=O)(=O)CC2Cl)C1. The first kappa shape index (κ1) is 16.0. The average molecular weight is 325 g/mol. The van der Waals surface area contributed by atoms with Crippen molar-refractivity contribution in [1.82, 2.24) is 10.2 Å². The molecule has 1 amide bonds. The van der Waals surface area contributed by atoms with Crippen molar-refractivity contribution < 1.29 is 18.3 Å². The van der Waals surface area contributed by atoms with Crippen LogP contribution in [0, 0.1) is 5.92 Å². The molecule has 0 aromatic carbocycles. The highest BCUT2D eigenvalue weighted by Crippen LogP contribution is 2.28. The average Bonchev–Trinajstić information content (AvgIpc) is 2.48. The number of halogens is 1. The number of hydrogen-bond donors (Lipinski definition) is 2. The Balaban J connectivity index is 1.78. The van der Waals surface area contributed by atoms with Crippen LogP contribution in [0.25, 0.3) is 0 Å². The van der Waals surface area contributed by atoms with Gasteiger partial charge in [-0.15, -0.1) is 11.6 Å². The summed E-state index contributed by atoms with van der Waals surface area (Å²) in [5, 5.41) is 12.2. The third-order valence-corrected chi connectivity index (χ3v) is 6.44. The summed E-state index contributed by atoms with van der Waals surface area (Å²) < 4.78 is 22.8. The molecule has 2 atom stereocenters.